The van der Waals surface area contributed by atoms with Crippen LogP contribution in [0.25, 0.3) is 0 Å². The Bertz CT molecular complexity index is 278. The highest BCUT2D eigenvalue weighted by atomic mass is 32.2. The molecule has 0 radical (unpaired) electrons. The van der Waals surface area contributed by atoms with Crippen molar-refractivity contribution in [1.82, 2.24) is 0 Å². The van der Waals surface area contributed by atoms with Gasteiger partial charge in [0.15, 0.2) is 0 Å². The quantitative estimate of drug-likeness (QED) is 0.278. The predicted octanol–water partition coefficient (Wildman–Crippen LogP) is 0.717. The molecule has 0 rings (SSSR count). The molecule has 0 aromatic rings. The molecule has 0 aliphatic carbocycles. The van der Waals surface area contributed by atoms with Gasteiger partial charge >= 0.3 is 11.9 Å². The van der Waals surface area contributed by atoms with Gasteiger partial charge in [-0.2, -0.15) is 0 Å². The number of rotatable bonds is 13. The third-order valence-corrected chi connectivity index (χ3v) is 3.74. The summed E-state index contributed by atoms with van der Waals surface area (Å²) in [7, 11) is 0. The lowest BCUT2D eigenvalue weighted by Gasteiger charge is -2.06. The third kappa shape index (κ3) is 13.4. The first-order valence-electron chi connectivity index (χ1n) is 6.04. The Balaban J connectivity index is 3.36. The number of carbonyl (C=O) groups excluding carboxylic acids is 4. The maximum atomic E-state index is 11.2. The first-order chi connectivity index (χ1) is 9.70. The van der Waals surface area contributed by atoms with Crippen molar-refractivity contribution in [3.63, 3.8) is 0 Å². The largest absolute Gasteiger partial charge is 0.461 e. The Morgan fingerprint density at radius 2 is 1.20 bits per heavy atom. The third-order valence-electron chi connectivity index (χ3n) is 1.81. The van der Waals surface area contributed by atoms with Crippen LogP contribution in [0.15, 0.2) is 0 Å². The molecule has 6 nitrogen and oxygen atoms in total. The topological polar surface area (TPSA) is 86.7 Å². The van der Waals surface area contributed by atoms with E-state index in [1.165, 1.54) is 23.5 Å². The van der Waals surface area contributed by atoms with Crippen LogP contribution >= 0.6 is 23.5 Å². The van der Waals surface area contributed by atoms with Crippen LogP contribution in [-0.2, 0) is 28.7 Å². The van der Waals surface area contributed by atoms with Gasteiger partial charge in [0, 0.05) is 24.3 Å². The zero-order valence-corrected chi connectivity index (χ0v) is 12.7. The zero-order valence-electron chi connectivity index (χ0n) is 11.1. The lowest BCUT2D eigenvalue weighted by molar-refractivity contribution is -0.148. The lowest BCUT2D eigenvalue weighted by atomic mass is 10.6. The van der Waals surface area contributed by atoms with Crippen molar-refractivity contribution in [3.05, 3.63) is 0 Å². The molecule has 0 saturated heterocycles. The van der Waals surface area contributed by atoms with Gasteiger partial charge in [-0.25, -0.2) is 0 Å². The number of carbonyl (C=O) groups is 4. The normalized spacial score (nSPS) is 9.80. The van der Waals surface area contributed by atoms with Crippen molar-refractivity contribution in [2.45, 2.75) is 12.8 Å². The molecule has 0 spiro atoms. The van der Waals surface area contributed by atoms with Gasteiger partial charge in [0.1, 0.15) is 25.8 Å². The predicted molar refractivity (Wildman–Crippen MR) is 77.9 cm³/mol. The second kappa shape index (κ2) is 14.4. The Kier molecular flexibility index (Phi) is 13.7. The molecule has 0 aliphatic heterocycles. The summed E-state index contributed by atoms with van der Waals surface area (Å²) in [5.74, 6) is 0.763. The highest BCUT2D eigenvalue weighted by molar-refractivity contribution is 8.00. The van der Waals surface area contributed by atoms with Gasteiger partial charge in [0.2, 0.25) is 0 Å². The van der Waals surface area contributed by atoms with Crippen LogP contribution in [0, 0.1) is 0 Å². The second-order valence-corrected chi connectivity index (χ2v) is 5.67. The van der Waals surface area contributed by atoms with E-state index in [1.54, 1.807) is 0 Å². The minimum atomic E-state index is -0.391. The summed E-state index contributed by atoms with van der Waals surface area (Å²) in [6.07, 6.45) is 2.42. The van der Waals surface area contributed by atoms with Crippen molar-refractivity contribution in [2.75, 3.05) is 36.2 Å². The molecule has 8 heteroatoms. The Morgan fingerprint density at radius 3 is 1.55 bits per heavy atom. The first kappa shape index (κ1) is 19.0. The number of hydrogen-bond acceptors (Lipinski definition) is 8. The maximum Gasteiger partial charge on any atom is 0.316 e. The van der Waals surface area contributed by atoms with E-state index in [1.807, 2.05) is 0 Å². The van der Waals surface area contributed by atoms with Crippen molar-refractivity contribution in [3.8, 4) is 0 Å². The monoisotopic (exact) mass is 322 g/mol. The minimum absolute atomic E-state index is 0.0256. The zero-order chi connectivity index (χ0) is 15.1. The Hall–Kier alpha value is -1.02. The first-order valence-corrected chi connectivity index (χ1v) is 8.35. The number of aldehydes is 2. The SMILES string of the molecule is O=CCCSCC(=O)OCCOC(=O)CSCCC=O. The highest BCUT2D eigenvalue weighted by Gasteiger charge is 2.05. The summed E-state index contributed by atoms with van der Waals surface area (Å²) in [5, 5.41) is 0. The smallest absolute Gasteiger partial charge is 0.316 e. The van der Waals surface area contributed by atoms with Crippen LogP contribution in [0.5, 0.6) is 0 Å². The van der Waals surface area contributed by atoms with Gasteiger partial charge in [-0.1, -0.05) is 0 Å². The average molecular weight is 322 g/mol. The summed E-state index contributed by atoms with van der Waals surface area (Å²) in [4.78, 5) is 42.4. The van der Waals surface area contributed by atoms with Crippen molar-refractivity contribution >= 4 is 48.0 Å². The molecule has 0 atom stereocenters. The van der Waals surface area contributed by atoms with Crippen LogP contribution in [-0.4, -0.2) is 60.7 Å². The molecule has 0 bridgehead atoms. The molecular formula is C12H18O6S2. The fourth-order valence-electron chi connectivity index (χ4n) is 0.968. The molecule has 114 valence electrons. The van der Waals surface area contributed by atoms with Gasteiger partial charge in [-0.05, 0) is 0 Å². The van der Waals surface area contributed by atoms with Gasteiger partial charge < -0.3 is 19.1 Å². The number of thioether (sulfide) groups is 2. The summed E-state index contributed by atoms with van der Waals surface area (Å²) in [6.45, 7) is 0.0512. The molecule has 0 unspecified atom stereocenters. The summed E-state index contributed by atoms with van der Waals surface area (Å²) in [6, 6.07) is 0. The molecule has 0 aromatic carbocycles. The van der Waals surface area contributed by atoms with Crippen LogP contribution in [0.3, 0.4) is 0 Å². The number of hydrogen-bond donors (Lipinski definition) is 0. The van der Waals surface area contributed by atoms with E-state index in [4.69, 9.17) is 9.47 Å². The summed E-state index contributed by atoms with van der Waals surface area (Å²) >= 11 is 2.64. The summed E-state index contributed by atoms with van der Waals surface area (Å²) in [5.41, 5.74) is 0. The van der Waals surface area contributed by atoms with E-state index in [9.17, 15) is 19.2 Å². The maximum absolute atomic E-state index is 11.2. The van der Waals surface area contributed by atoms with E-state index >= 15 is 0 Å². The fourth-order valence-corrected chi connectivity index (χ4v) is 2.28. The molecular weight excluding hydrogens is 304 g/mol. The molecule has 0 saturated carbocycles. The fraction of sp³-hybridized carbons (Fsp3) is 0.667. The van der Waals surface area contributed by atoms with Gasteiger partial charge in [0.05, 0.1) is 11.5 Å². The van der Waals surface area contributed by atoms with Crippen molar-refractivity contribution in [2.24, 2.45) is 0 Å². The van der Waals surface area contributed by atoms with Crippen LogP contribution in [0.1, 0.15) is 12.8 Å². The van der Waals surface area contributed by atoms with Crippen molar-refractivity contribution in [1.29, 1.82) is 0 Å². The summed E-state index contributed by atoms with van der Waals surface area (Å²) < 4.78 is 9.67. The van der Waals surface area contributed by atoms with E-state index in [0.29, 0.717) is 24.3 Å². The number of esters is 2. The van der Waals surface area contributed by atoms with Gasteiger partial charge in [0.25, 0.3) is 0 Å². The van der Waals surface area contributed by atoms with E-state index in [0.717, 1.165) is 12.6 Å². The van der Waals surface area contributed by atoms with Gasteiger partial charge in [-0.15, -0.1) is 23.5 Å². The molecule has 20 heavy (non-hydrogen) atoms. The minimum Gasteiger partial charge on any atom is -0.461 e. The molecule has 0 heterocycles. The van der Waals surface area contributed by atoms with Crippen LogP contribution in [0.2, 0.25) is 0 Å². The molecule has 0 N–H and O–H groups in total. The molecule has 0 amide bonds. The molecule has 0 fully saturated rings. The average Bonchev–Trinajstić information content (AvgIpc) is 2.44. The van der Waals surface area contributed by atoms with E-state index in [-0.39, 0.29) is 24.7 Å². The molecule has 0 aliphatic rings. The Labute approximate surface area is 126 Å². The standard InChI is InChI=1S/C12H18O6S2/c13-3-1-7-19-9-11(15)17-5-6-18-12(16)10-20-8-2-4-14/h3-4H,1-2,5-10H2. The van der Waals surface area contributed by atoms with Crippen LogP contribution < -0.4 is 0 Å². The highest BCUT2D eigenvalue weighted by Crippen LogP contribution is 2.03. The van der Waals surface area contributed by atoms with Crippen LogP contribution in [0.4, 0.5) is 0 Å². The number of ether oxygens (including phenoxy) is 2. The molecule has 0 aromatic heterocycles. The second-order valence-electron chi connectivity index (χ2n) is 3.46. The lowest BCUT2D eigenvalue weighted by Crippen LogP contribution is -2.16. The van der Waals surface area contributed by atoms with E-state index in [2.05, 4.69) is 0 Å². The van der Waals surface area contributed by atoms with Crippen molar-refractivity contribution < 1.29 is 28.7 Å². The van der Waals surface area contributed by atoms with Gasteiger partial charge in [-0.3, -0.25) is 9.59 Å². The Morgan fingerprint density at radius 1 is 0.800 bits per heavy atom. The van der Waals surface area contributed by atoms with E-state index < -0.39 is 11.9 Å².